The van der Waals surface area contributed by atoms with Gasteiger partial charge in [0.15, 0.2) is 0 Å². The minimum atomic E-state index is -0.995. The number of ether oxygens (including phenoxy) is 1. The summed E-state index contributed by atoms with van der Waals surface area (Å²) in [6.07, 6.45) is 1.26. The summed E-state index contributed by atoms with van der Waals surface area (Å²) in [7, 11) is 0. The molecular formula is C25H24ClF2N3O3. The van der Waals surface area contributed by atoms with Gasteiger partial charge in [0.2, 0.25) is 5.91 Å². The molecule has 6 nitrogen and oxygen atoms in total. The highest BCUT2D eigenvalue weighted by molar-refractivity contribution is 6.31. The molecule has 0 aromatic heterocycles. The zero-order valence-electron chi connectivity index (χ0n) is 18.6. The molecule has 1 heterocycles. The van der Waals surface area contributed by atoms with Crippen LogP contribution in [0.5, 0.6) is 0 Å². The standard InChI is InChI=1S/C25H24ClF2N3O3/c1-14(11-29)31(12-18-17-10-16(26)7-8-22(17)30-24(18)32)25(33)23(9-15-5-6-15)34-13-19-20(27)3-2-4-21(19)28/h2-4,7-8,10,14-15,18,23H,5-6,9,12-13H2,1H3,(H,30,32). The topological polar surface area (TPSA) is 82.4 Å². The van der Waals surface area contributed by atoms with E-state index in [0.717, 1.165) is 25.0 Å². The Balaban J connectivity index is 1.56. The first kappa shape index (κ1) is 24.1. The number of fused-ring (bicyclic) bond motifs is 1. The van der Waals surface area contributed by atoms with E-state index in [9.17, 15) is 23.6 Å². The highest BCUT2D eigenvalue weighted by Gasteiger charge is 2.39. The van der Waals surface area contributed by atoms with Crippen molar-refractivity contribution in [2.24, 2.45) is 5.92 Å². The molecule has 34 heavy (non-hydrogen) atoms. The maximum Gasteiger partial charge on any atom is 0.252 e. The second-order valence-corrected chi connectivity index (χ2v) is 9.18. The van der Waals surface area contributed by atoms with Gasteiger partial charge < -0.3 is 15.0 Å². The van der Waals surface area contributed by atoms with Gasteiger partial charge in [0.1, 0.15) is 23.8 Å². The van der Waals surface area contributed by atoms with Crippen LogP contribution in [0.15, 0.2) is 36.4 Å². The van der Waals surface area contributed by atoms with E-state index in [2.05, 4.69) is 11.4 Å². The summed E-state index contributed by atoms with van der Waals surface area (Å²) in [5.41, 5.74) is 1.00. The van der Waals surface area contributed by atoms with Crippen molar-refractivity contribution >= 4 is 29.1 Å². The Morgan fingerprint density at radius 2 is 2.00 bits per heavy atom. The molecule has 3 atom stereocenters. The highest BCUT2D eigenvalue weighted by Crippen LogP contribution is 2.37. The number of nitrogens with zero attached hydrogens (tertiary/aromatic N) is 2. The van der Waals surface area contributed by atoms with Gasteiger partial charge in [-0.2, -0.15) is 5.26 Å². The summed E-state index contributed by atoms with van der Waals surface area (Å²) < 4.78 is 33.9. The van der Waals surface area contributed by atoms with Crippen molar-refractivity contribution in [3.8, 4) is 6.07 Å². The number of amides is 2. The monoisotopic (exact) mass is 487 g/mol. The Morgan fingerprint density at radius 3 is 2.65 bits per heavy atom. The number of halogens is 3. The molecule has 4 rings (SSSR count). The number of anilines is 1. The van der Waals surface area contributed by atoms with Crippen molar-refractivity contribution in [1.82, 2.24) is 4.90 Å². The average Bonchev–Trinajstić information content (AvgIpc) is 3.57. The van der Waals surface area contributed by atoms with Crippen LogP contribution in [0.4, 0.5) is 14.5 Å². The molecule has 2 amide bonds. The Morgan fingerprint density at radius 1 is 1.29 bits per heavy atom. The first-order valence-electron chi connectivity index (χ1n) is 11.1. The van der Waals surface area contributed by atoms with Gasteiger partial charge in [-0.05, 0) is 55.2 Å². The Bertz CT molecular complexity index is 1130. The van der Waals surface area contributed by atoms with Gasteiger partial charge in [-0.15, -0.1) is 0 Å². The van der Waals surface area contributed by atoms with E-state index in [1.165, 1.54) is 11.0 Å². The van der Waals surface area contributed by atoms with Gasteiger partial charge in [-0.1, -0.05) is 30.5 Å². The number of nitrogens with one attached hydrogen (secondary N) is 1. The molecule has 2 aromatic rings. The molecule has 3 unspecified atom stereocenters. The summed E-state index contributed by atoms with van der Waals surface area (Å²) in [6.45, 7) is 1.10. The minimum absolute atomic E-state index is 0.0503. The first-order chi connectivity index (χ1) is 16.3. The third-order valence-electron chi connectivity index (χ3n) is 6.29. The van der Waals surface area contributed by atoms with Crippen molar-refractivity contribution in [1.29, 1.82) is 5.26 Å². The van der Waals surface area contributed by atoms with Crippen molar-refractivity contribution in [3.63, 3.8) is 0 Å². The van der Waals surface area contributed by atoms with E-state index in [1.807, 2.05) is 0 Å². The lowest BCUT2D eigenvalue weighted by molar-refractivity contribution is -0.147. The van der Waals surface area contributed by atoms with Crippen LogP contribution in [0.3, 0.4) is 0 Å². The molecule has 1 aliphatic carbocycles. The SMILES string of the molecule is CC(C#N)N(CC1C(=O)Nc2ccc(Cl)cc21)C(=O)C(CC1CC1)OCc1c(F)cccc1F. The molecule has 1 saturated carbocycles. The van der Waals surface area contributed by atoms with Gasteiger partial charge in [0.05, 0.1) is 18.6 Å². The van der Waals surface area contributed by atoms with E-state index in [1.54, 1.807) is 25.1 Å². The molecule has 0 spiro atoms. The molecule has 1 fully saturated rings. The van der Waals surface area contributed by atoms with Crippen LogP contribution >= 0.6 is 11.6 Å². The summed E-state index contributed by atoms with van der Waals surface area (Å²) in [5.74, 6) is -2.73. The maximum absolute atomic E-state index is 14.1. The molecule has 2 aliphatic rings. The second-order valence-electron chi connectivity index (χ2n) is 8.75. The molecule has 0 radical (unpaired) electrons. The first-order valence-corrected chi connectivity index (χ1v) is 11.5. The Labute approximate surface area is 201 Å². The fourth-order valence-electron chi connectivity index (χ4n) is 4.12. The molecule has 0 bridgehead atoms. The Kier molecular flexibility index (Phi) is 7.15. The quantitative estimate of drug-likeness (QED) is 0.552. The smallest absolute Gasteiger partial charge is 0.252 e. The second kappa shape index (κ2) is 10.1. The number of carbonyl (C=O) groups excluding carboxylic acids is 2. The molecule has 9 heteroatoms. The van der Waals surface area contributed by atoms with Crippen molar-refractivity contribution < 1.29 is 23.1 Å². The van der Waals surface area contributed by atoms with Gasteiger partial charge in [0.25, 0.3) is 5.91 Å². The molecule has 1 aliphatic heterocycles. The largest absolute Gasteiger partial charge is 0.363 e. The Hall–Kier alpha value is -3.02. The highest BCUT2D eigenvalue weighted by atomic mass is 35.5. The fraction of sp³-hybridized carbons (Fsp3) is 0.400. The summed E-state index contributed by atoms with van der Waals surface area (Å²) in [5, 5.41) is 12.8. The summed E-state index contributed by atoms with van der Waals surface area (Å²) in [4.78, 5) is 27.6. The number of benzene rings is 2. The van der Waals surface area contributed by atoms with Crippen LogP contribution in [0.1, 0.15) is 43.2 Å². The van der Waals surface area contributed by atoms with E-state index < -0.39 is 42.2 Å². The van der Waals surface area contributed by atoms with Crippen LogP contribution in [0, 0.1) is 28.9 Å². The lowest BCUT2D eigenvalue weighted by Crippen LogP contribution is -2.47. The molecule has 178 valence electrons. The van der Waals surface area contributed by atoms with Gasteiger partial charge in [0, 0.05) is 22.8 Å². The van der Waals surface area contributed by atoms with E-state index in [0.29, 0.717) is 22.7 Å². The van der Waals surface area contributed by atoms with Gasteiger partial charge >= 0.3 is 0 Å². The summed E-state index contributed by atoms with van der Waals surface area (Å²) in [6, 6.07) is 9.74. The van der Waals surface area contributed by atoms with E-state index in [4.69, 9.17) is 16.3 Å². The third kappa shape index (κ3) is 5.21. The lowest BCUT2D eigenvalue weighted by atomic mass is 9.98. The number of hydrogen-bond donors (Lipinski definition) is 1. The van der Waals surface area contributed by atoms with Crippen LogP contribution in [-0.4, -0.2) is 35.4 Å². The van der Waals surface area contributed by atoms with Crippen LogP contribution in [0.2, 0.25) is 5.02 Å². The lowest BCUT2D eigenvalue weighted by Gasteiger charge is -2.31. The minimum Gasteiger partial charge on any atom is -0.363 e. The molecule has 1 N–H and O–H groups in total. The van der Waals surface area contributed by atoms with Gasteiger partial charge in [-0.3, -0.25) is 9.59 Å². The number of carbonyl (C=O) groups is 2. The molecule has 2 aromatic carbocycles. The zero-order chi connectivity index (χ0) is 24.4. The van der Waals surface area contributed by atoms with E-state index >= 15 is 0 Å². The van der Waals surface area contributed by atoms with Crippen molar-refractivity contribution in [2.75, 3.05) is 11.9 Å². The summed E-state index contributed by atoms with van der Waals surface area (Å²) >= 11 is 6.11. The van der Waals surface area contributed by atoms with Crippen molar-refractivity contribution in [2.45, 2.75) is 50.9 Å². The molecular weight excluding hydrogens is 464 g/mol. The fourth-order valence-corrected chi connectivity index (χ4v) is 4.30. The van der Waals surface area contributed by atoms with Gasteiger partial charge in [-0.25, -0.2) is 8.78 Å². The molecule has 0 saturated heterocycles. The van der Waals surface area contributed by atoms with Crippen LogP contribution in [0.25, 0.3) is 0 Å². The predicted octanol–water partition coefficient (Wildman–Crippen LogP) is 4.78. The third-order valence-corrected chi connectivity index (χ3v) is 6.53. The van der Waals surface area contributed by atoms with E-state index in [-0.39, 0.29) is 23.9 Å². The number of nitriles is 1. The number of hydrogen-bond acceptors (Lipinski definition) is 4. The normalized spacial score (nSPS) is 18.6. The zero-order valence-corrected chi connectivity index (χ0v) is 19.3. The van der Waals surface area contributed by atoms with Crippen molar-refractivity contribution in [3.05, 3.63) is 64.2 Å². The predicted molar refractivity (Wildman–Crippen MR) is 122 cm³/mol. The number of rotatable bonds is 9. The average molecular weight is 488 g/mol. The van der Waals surface area contributed by atoms with Crippen LogP contribution in [-0.2, 0) is 20.9 Å². The van der Waals surface area contributed by atoms with Crippen LogP contribution < -0.4 is 5.32 Å². The maximum atomic E-state index is 14.1.